The van der Waals surface area contributed by atoms with Crippen LogP contribution in [0.25, 0.3) is 38.5 Å². The first kappa shape index (κ1) is 16.5. The highest BCUT2D eigenvalue weighted by Gasteiger charge is 2.15. The van der Waals surface area contributed by atoms with E-state index < -0.39 is 0 Å². The smallest absolute Gasteiger partial charge is 0.0722 e. The van der Waals surface area contributed by atoms with Gasteiger partial charge in [-0.25, -0.2) is 4.98 Å². The Labute approximate surface area is 164 Å². The number of hydrogen-bond donors (Lipinski definition) is 0. The molecule has 132 valence electrons. The normalized spacial score (nSPS) is 14.5. The first-order valence-corrected chi connectivity index (χ1v) is 9.95. The lowest BCUT2D eigenvalue weighted by Crippen LogP contribution is -1.97. The van der Waals surface area contributed by atoms with Gasteiger partial charge in [0.1, 0.15) is 0 Å². The standard InChI is InChI=1S/C25H20ClN/c26-20-13-10-19(11-14-20)24-16-22(17-6-2-1-3-7-17)25-21-9-5-4-8-18(21)12-15-23(25)27-24/h4-6,8-16H,1-3,7H2. The van der Waals surface area contributed by atoms with Crippen molar-refractivity contribution in [3.63, 3.8) is 0 Å². The molecule has 1 aliphatic carbocycles. The predicted octanol–water partition coefficient (Wildman–Crippen LogP) is 7.67. The fraction of sp³-hybridized carbons (Fsp3) is 0.160. The largest absolute Gasteiger partial charge is 0.248 e. The summed E-state index contributed by atoms with van der Waals surface area (Å²) in [6.07, 6.45) is 7.28. The van der Waals surface area contributed by atoms with Crippen LogP contribution in [0.4, 0.5) is 0 Å². The van der Waals surface area contributed by atoms with E-state index in [9.17, 15) is 0 Å². The first-order chi connectivity index (χ1) is 13.3. The Morgan fingerprint density at radius 2 is 1.70 bits per heavy atom. The highest BCUT2D eigenvalue weighted by atomic mass is 35.5. The molecule has 0 spiro atoms. The van der Waals surface area contributed by atoms with Gasteiger partial charge < -0.3 is 0 Å². The second-order valence-electron chi connectivity index (χ2n) is 7.22. The second-order valence-corrected chi connectivity index (χ2v) is 7.65. The molecule has 0 fully saturated rings. The molecule has 0 radical (unpaired) electrons. The quantitative estimate of drug-likeness (QED) is 0.330. The van der Waals surface area contributed by atoms with E-state index in [1.165, 1.54) is 46.6 Å². The molecule has 2 heteroatoms. The Morgan fingerprint density at radius 1 is 0.852 bits per heavy atom. The van der Waals surface area contributed by atoms with Gasteiger partial charge in [-0.1, -0.05) is 60.1 Å². The molecule has 1 aromatic heterocycles. The summed E-state index contributed by atoms with van der Waals surface area (Å²) in [4.78, 5) is 5.01. The summed E-state index contributed by atoms with van der Waals surface area (Å²) < 4.78 is 0. The fourth-order valence-corrected chi connectivity index (χ4v) is 4.24. The van der Waals surface area contributed by atoms with Crippen LogP contribution in [0.5, 0.6) is 0 Å². The highest BCUT2D eigenvalue weighted by molar-refractivity contribution is 6.30. The number of nitrogens with zero attached hydrogens (tertiary/aromatic N) is 1. The maximum Gasteiger partial charge on any atom is 0.0722 e. The van der Waals surface area contributed by atoms with Crippen LogP contribution < -0.4 is 0 Å². The Balaban J connectivity index is 1.84. The molecule has 0 amide bonds. The number of hydrogen-bond acceptors (Lipinski definition) is 1. The third-order valence-corrected chi connectivity index (χ3v) is 5.73. The minimum Gasteiger partial charge on any atom is -0.248 e. The predicted molar refractivity (Wildman–Crippen MR) is 116 cm³/mol. The van der Waals surface area contributed by atoms with E-state index in [0.29, 0.717) is 0 Å². The molecule has 1 heterocycles. The molecule has 5 rings (SSSR count). The average molecular weight is 370 g/mol. The van der Waals surface area contributed by atoms with Crippen molar-refractivity contribution < 1.29 is 0 Å². The number of allylic oxidation sites excluding steroid dienone is 2. The number of halogens is 1. The van der Waals surface area contributed by atoms with Gasteiger partial charge in [-0.3, -0.25) is 0 Å². The molecule has 1 nitrogen and oxygen atoms in total. The SMILES string of the molecule is Clc1ccc(-c2cc(C3=CCCCC3)c3c(ccc4ccccc43)n2)cc1. The summed E-state index contributed by atoms with van der Waals surface area (Å²) in [7, 11) is 0. The van der Waals surface area contributed by atoms with Crippen molar-refractivity contribution >= 4 is 38.8 Å². The van der Waals surface area contributed by atoms with Crippen LogP contribution >= 0.6 is 11.6 Å². The summed E-state index contributed by atoms with van der Waals surface area (Å²) in [5.41, 5.74) is 5.97. The van der Waals surface area contributed by atoms with E-state index in [0.717, 1.165) is 28.2 Å². The Morgan fingerprint density at radius 3 is 2.52 bits per heavy atom. The summed E-state index contributed by atoms with van der Waals surface area (Å²) in [6.45, 7) is 0. The average Bonchev–Trinajstić information content (AvgIpc) is 2.74. The van der Waals surface area contributed by atoms with E-state index >= 15 is 0 Å². The van der Waals surface area contributed by atoms with E-state index in [4.69, 9.17) is 16.6 Å². The van der Waals surface area contributed by atoms with Gasteiger partial charge in [-0.15, -0.1) is 0 Å². The van der Waals surface area contributed by atoms with Gasteiger partial charge in [0.15, 0.2) is 0 Å². The van der Waals surface area contributed by atoms with Crippen LogP contribution in [-0.4, -0.2) is 4.98 Å². The summed E-state index contributed by atoms with van der Waals surface area (Å²) >= 11 is 6.08. The Bertz CT molecular complexity index is 1170. The summed E-state index contributed by atoms with van der Waals surface area (Å²) in [6, 6.07) is 23.2. The second kappa shape index (κ2) is 6.83. The van der Waals surface area contributed by atoms with Gasteiger partial charge in [0.25, 0.3) is 0 Å². The molecule has 1 aliphatic rings. The number of rotatable bonds is 2. The molecule has 27 heavy (non-hydrogen) atoms. The van der Waals surface area contributed by atoms with Crippen LogP contribution in [0.2, 0.25) is 5.02 Å². The number of aromatic nitrogens is 1. The van der Waals surface area contributed by atoms with Crippen molar-refractivity contribution in [3.8, 4) is 11.3 Å². The Hall–Kier alpha value is -2.64. The maximum absolute atomic E-state index is 6.08. The summed E-state index contributed by atoms with van der Waals surface area (Å²) in [5.74, 6) is 0. The zero-order valence-corrected chi connectivity index (χ0v) is 15.8. The molecule has 0 saturated heterocycles. The van der Waals surface area contributed by atoms with Crippen molar-refractivity contribution in [2.24, 2.45) is 0 Å². The lowest BCUT2D eigenvalue weighted by molar-refractivity contribution is 0.742. The lowest BCUT2D eigenvalue weighted by Gasteiger charge is -2.18. The fourth-order valence-electron chi connectivity index (χ4n) is 4.11. The third kappa shape index (κ3) is 3.02. The molecule has 3 aromatic carbocycles. The zero-order valence-electron chi connectivity index (χ0n) is 15.1. The van der Waals surface area contributed by atoms with Gasteiger partial charge in [0.05, 0.1) is 11.2 Å². The topological polar surface area (TPSA) is 12.9 Å². The van der Waals surface area contributed by atoms with Crippen molar-refractivity contribution in [1.29, 1.82) is 0 Å². The van der Waals surface area contributed by atoms with E-state index in [2.05, 4.69) is 60.7 Å². The minimum absolute atomic E-state index is 0.751. The van der Waals surface area contributed by atoms with Gasteiger partial charge in [-0.05, 0) is 71.9 Å². The molecule has 4 aromatic rings. The number of benzene rings is 3. The molecule has 0 bridgehead atoms. The summed E-state index contributed by atoms with van der Waals surface area (Å²) in [5, 5.41) is 4.58. The number of pyridine rings is 1. The monoisotopic (exact) mass is 369 g/mol. The minimum atomic E-state index is 0.751. The van der Waals surface area contributed by atoms with Crippen LogP contribution in [-0.2, 0) is 0 Å². The Kier molecular flexibility index (Phi) is 4.18. The maximum atomic E-state index is 6.08. The lowest BCUT2D eigenvalue weighted by atomic mass is 9.89. The van der Waals surface area contributed by atoms with E-state index in [1.54, 1.807) is 0 Å². The van der Waals surface area contributed by atoms with Crippen LogP contribution in [0, 0.1) is 0 Å². The molecule has 0 saturated carbocycles. The molecule has 0 atom stereocenters. The van der Waals surface area contributed by atoms with Crippen molar-refractivity contribution in [2.45, 2.75) is 25.7 Å². The molecule has 0 unspecified atom stereocenters. The van der Waals surface area contributed by atoms with Gasteiger partial charge in [0.2, 0.25) is 0 Å². The van der Waals surface area contributed by atoms with Gasteiger partial charge in [0, 0.05) is 16.0 Å². The van der Waals surface area contributed by atoms with Crippen molar-refractivity contribution in [3.05, 3.63) is 83.4 Å². The third-order valence-electron chi connectivity index (χ3n) is 5.48. The van der Waals surface area contributed by atoms with Crippen molar-refractivity contribution in [1.82, 2.24) is 4.98 Å². The van der Waals surface area contributed by atoms with Crippen LogP contribution in [0.1, 0.15) is 31.2 Å². The van der Waals surface area contributed by atoms with Crippen molar-refractivity contribution in [2.75, 3.05) is 0 Å². The van der Waals surface area contributed by atoms with Gasteiger partial charge in [-0.2, -0.15) is 0 Å². The molecular formula is C25H20ClN. The molecule has 0 N–H and O–H groups in total. The van der Waals surface area contributed by atoms with Crippen LogP contribution in [0.3, 0.4) is 0 Å². The van der Waals surface area contributed by atoms with Gasteiger partial charge >= 0.3 is 0 Å². The zero-order chi connectivity index (χ0) is 18.2. The number of fused-ring (bicyclic) bond motifs is 3. The molecule has 0 aliphatic heterocycles. The molecular weight excluding hydrogens is 350 g/mol. The highest BCUT2D eigenvalue weighted by Crippen LogP contribution is 2.37. The van der Waals surface area contributed by atoms with Crippen LogP contribution in [0.15, 0.2) is 72.8 Å². The van der Waals surface area contributed by atoms with E-state index in [-0.39, 0.29) is 0 Å². The first-order valence-electron chi connectivity index (χ1n) is 9.57. The van der Waals surface area contributed by atoms with E-state index in [1.807, 2.05) is 12.1 Å².